The molecule has 1 aromatic carbocycles. The molecule has 1 aliphatic rings. The van der Waals surface area contributed by atoms with E-state index in [1.165, 1.54) is 0 Å². The molecule has 20 heavy (non-hydrogen) atoms. The number of methoxy groups -OCH3 is 1. The number of nitrogens with zero attached hydrogens (tertiary/aromatic N) is 1. The van der Waals surface area contributed by atoms with Gasteiger partial charge in [0.05, 0.1) is 7.11 Å². The first-order chi connectivity index (χ1) is 9.69. The SMILES string of the molecule is COc1ccc2cc(C(=O)N3CCCC3)c(=O)oc2c1. The van der Waals surface area contributed by atoms with E-state index in [1.807, 2.05) is 0 Å². The number of likely N-dealkylation sites (tertiary alicyclic amines) is 1. The number of rotatable bonds is 2. The van der Waals surface area contributed by atoms with Crippen LogP contribution in [0.1, 0.15) is 23.2 Å². The molecular formula is C15H15NO4. The van der Waals surface area contributed by atoms with Crippen LogP contribution in [0.2, 0.25) is 0 Å². The van der Waals surface area contributed by atoms with Crippen LogP contribution >= 0.6 is 0 Å². The topological polar surface area (TPSA) is 59.8 Å². The van der Waals surface area contributed by atoms with Crippen molar-refractivity contribution in [2.24, 2.45) is 0 Å². The summed E-state index contributed by atoms with van der Waals surface area (Å²) in [7, 11) is 1.55. The fourth-order valence-corrected chi connectivity index (χ4v) is 2.46. The number of ether oxygens (including phenoxy) is 1. The Balaban J connectivity index is 2.05. The highest BCUT2D eigenvalue weighted by atomic mass is 16.5. The third-order valence-corrected chi connectivity index (χ3v) is 3.57. The summed E-state index contributed by atoms with van der Waals surface area (Å²) in [6.07, 6.45) is 1.98. The van der Waals surface area contributed by atoms with Gasteiger partial charge < -0.3 is 14.1 Å². The minimum absolute atomic E-state index is 0.101. The Morgan fingerprint density at radius 1 is 1.25 bits per heavy atom. The molecular weight excluding hydrogens is 258 g/mol. The van der Waals surface area contributed by atoms with Gasteiger partial charge in [0.2, 0.25) is 0 Å². The van der Waals surface area contributed by atoms with Gasteiger partial charge in [-0.2, -0.15) is 0 Å². The zero-order chi connectivity index (χ0) is 14.1. The summed E-state index contributed by atoms with van der Waals surface area (Å²) >= 11 is 0. The van der Waals surface area contributed by atoms with E-state index in [0.717, 1.165) is 12.8 Å². The van der Waals surface area contributed by atoms with Gasteiger partial charge in [-0.15, -0.1) is 0 Å². The first-order valence-corrected chi connectivity index (χ1v) is 6.60. The Bertz CT molecular complexity index is 713. The van der Waals surface area contributed by atoms with Gasteiger partial charge in [0.15, 0.2) is 0 Å². The van der Waals surface area contributed by atoms with Gasteiger partial charge in [0.25, 0.3) is 5.91 Å². The summed E-state index contributed by atoms with van der Waals surface area (Å²) in [6.45, 7) is 1.41. The first-order valence-electron chi connectivity index (χ1n) is 6.60. The van der Waals surface area contributed by atoms with Crippen molar-refractivity contribution in [3.63, 3.8) is 0 Å². The highest BCUT2D eigenvalue weighted by molar-refractivity contribution is 5.96. The van der Waals surface area contributed by atoms with Crippen molar-refractivity contribution < 1.29 is 13.9 Å². The molecule has 1 saturated heterocycles. The maximum Gasteiger partial charge on any atom is 0.349 e. The van der Waals surface area contributed by atoms with E-state index < -0.39 is 5.63 Å². The maximum atomic E-state index is 12.3. The Kier molecular flexibility index (Phi) is 3.18. The lowest BCUT2D eigenvalue weighted by molar-refractivity contribution is 0.0789. The van der Waals surface area contributed by atoms with Gasteiger partial charge in [-0.05, 0) is 31.0 Å². The predicted molar refractivity (Wildman–Crippen MR) is 74.2 cm³/mol. The molecule has 0 radical (unpaired) electrons. The third kappa shape index (κ3) is 2.15. The first kappa shape index (κ1) is 12.7. The number of hydrogen-bond donors (Lipinski definition) is 0. The van der Waals surface area contributed by atoms with Crippen LogP contribution in [0.3, 0.4) is 0 Å². The van der Waals surface area contributed by atoms with Crippen molar-refractivity contribution in [1.82, 2.24) is 4.90 Å². The quantitative estimate of drug-likeness (QED) is 0.786. The lowest BCUT2D eigenvalue weighted by Crippen LogP contribution is -2.31. The standard InChI is InChI=1S/C15H15NO4/c1-19-11-5-4-10-8-12(15(18)20-13(10)9-11)14(17)16-6-2-3-7-16/h4-5,8-9H,2-3,6-7H2,1H3. The van der Waals surface area contributed by atoms with Crippen molar-refractivity contribution in [3.8, 4) is 5.75 Å². The Morgan fingerprint density at radius 3 is 2.70 bits per heavy atom. The molecule has 1 amide bonds. The molecule has 0 unspecified atom stereocenters. The fourth-order valence-electron chi connectivity index (χ4n) is 2.46. The fraction of sp³-hybridized carbons (Fsp3) is 0.333. The van der Waals surface area contributed by atoms with E-state index in [1.54, 1.807) is 36.3 Å². The van der Waals surface area contributed by atoms with Crippen LogP contribution in [0.5, 0.6) is 5.75 Å². The number of benzene rings is 1. The normalized spacial score (nSPS) is 14.8. The largest absolute Gasteiger partial charge is 0.497 e. The summed E-state index contributed by atoms with van der Waals surface area (Å²) < 4.78 is 10.3. The second-order valence-electron chi connectivity index (χ2n) is 4.85. The lowest BCUT2D eigenvalue weighted by Gasteiger charge is -2.14. The van der Waals surface area contributed by atoms with E-state index in [0.29, 0.717) is 29.8 Å². The van der Waals surface area contributed by atoms with Gasteiger partial charge in [-0.1, -0.05) is 0 Å². The molecule has 0 aliphatic carbocycles. The van der Waals surface area contributed by atoms with Crippen LogP contribution in [0.25, 0.3) is 11.0 Å². The highest BCUT2D eigenvalue weighted by Gasteiger charge is 2.23. The second kappa shape index (κ2) is 5.00. The minimum Gasteiger partial charge on any atom is -0.497 e. The number of hydrogen-bond acceptors (Lipinski definition) is 4. The molecule has 2 aromatic rings. The lowest BCUT2D eigenvalue weighted by atomic mass is 10.1. The molecule has 0 saturated carbocycles. The van der Waals surface area contributed by atoms with E-state index >= 15 is 0 Å². The van der Waals surface area contributed by atoms with E-state index in [-0.39, 0.29) is 11.5 Å². The average Bonchev–Trinajstić information content (AvgIpc) is 2.99. The van der Waals surface area contributed by atoms with Crippen LogP contribution < -0.4 is 10.4 Å². The van der Waals surface area contributed by atoms with Crippen molar-refractivity contribution in [2.75, 3.05) is 20.2 Å². The zero-order valence-corrected chi connectivity index (χ0v) is 11.2. The molecule has 1 fully saturated rings. The zero-order valence-electron chi connectivity index (χ0n) is 11.2. The third-order valence-electron chi connectivity index (χ3n) is 3.57. The number of fused-ring (bicyclic) bond motifs is 1. The van der Waals surface area contributed by atoms with Gasteiger partial charge in [0.1, 0.15) is 16.9 Å². The van der Waals surface area contributed by atoms with Gasteiger partial charge in [-0.3, -0.25) is 4.79 Å². The predicted octanol–water partition coefficient (Wildman–Crippen LogP) is 2.04. The maximum absolute atomic E-state index is 12.3. The Labute approximate surface area is 115 Å². The van der Waals surface area contributed by atoms with Gasteiger partial charge >= 0.3 is 5.63 Å². The monoisotopic (exact) mass is 273 g/mol. The molecule has 1 aromatic heterocycles. The summed E-state index contributed by atoms with van der Waals surface area (Å²) in [6, 6.07) is 6.78. The molecule has 0 spiro atoms. The minimum atomic E-state index is -0.595. The highest BCUT2D eigenvalue weighted by Crippen LogP contribution is 2.21. The van der Waals surface area contributed by atoms with Crippen LogP contribution in [-0.2, 0) is 0 Å². The van der Waals surface area contributed by atoms with E-state index in [2.05, 4.69) is 0 Å². The summed E-state index contributed by atoms with van der Waals surface area (Å²) in [5.74, 6) is 0.369. The Hall–Kier alpha value is -2.30. The van der Waals surface area contributed by atoms with Gasteiger partial charge in [-0.25, -0.2) is 4.79 Å². The number of carbonyl (C=O) groups is 1. The van der Waals surface area contributed by atoms with Crippen LogP contribution in [0.15, 0.2) is 33.5 Å². The molecule has 0 bridgehead atoms. The van der Waals surface area contributed by atoms with Gasteiger partial charge in [0, 0.05) is 24.5 Å². The van der Waals surface area contributed by atoms with Crippen molar-refractivity contribution in [1.29, 1.82) is 0 Å². The molecule has 2 heterocycles. The molecule has 5 heteroatoms. The number of carbonyl (C=O) groups excluding carboxylic acids is 1. The molecule has 0 atom stereocenters. The van der Waals surface area contributed by atoms with E-state index in [9.17, 15) is 9.59 Å². The van der Waals surface area contributed by atoms with Crippen LogP contribution in [0, 0.1) is 0 Å². The number of amides is 1. The van der Waals surface area contributed by atoms with Crippen LogP contribution in [-0.4, -0.2) is 31.0 Å². The van der Waals surface area contributed by atoms with E-state index in [4.69, 9.17) is 9.15 Å². The van der Waals surface area contributed by atoms with Crippen molar-refractivity contribution in [2.45, 2.75) is 12.8 Å². The summed E-state index contributed by atoms with van der Waals surface area (Å²) in [4.78, 5) is 25.9. The van der Waals surface area contributed by atoms with Crippen LogP contribution in [0.4, 0.5) is 0 Å². The van der Waals surface area contributed by atoms with Crippen molar-refractivity contribution in [3.05, 3.63) is 40.2 Å². The summed E-state index contributed by atoms with van der Waals surface area (Å²) in [5, 5.41) is 0.716. The molecule has 1 aliphatic heterocycles. The average molecular weight is 273 g/mol. The molecule has 5 nitrogen and oxygen atoms in total. The summed E-state index contributed by atoms with van der Waals surface area (Å²) in [5.41, 5.74) is -0.0699. The molecule has 0 N–H and O–H groups in total. The molecule has 104 valence electrons. The Morgan fingerprint density at radius 2 is 2.00 bits per heavy atom. The second-order valence-corrected chi connectivity index (χ2v) is 4.85. The van der Waals surface area contributed by atoms with Crippen molar-refractivity contribution >= 4 is 16.9 Å². The smallest absolute Gasteiger partial charge is 0.349 e. The molecule has 3 rings (SSSR count).